The van der Waals surface area contributed by atoms with E-state index >= 15 is 0 Å². The average Bonchev–Trinajstić information content (AvgIpc) is 3.24. The van der Waals surface area contributed by atoms with E-state index in [0.29, 0.717) is 12.8 Å². The van der Waals surface area contributed by atoms with Crippen LogP contribution >= 0.6 is 0 Å². The number of aliphatic hydroxyl groups excluding tert-OH is 4. The minimum Gasteiger partial charge on any atom is -0.394 e. The molecule has 0 saturated carbocycles. The van der Waals surface area contributed by atoms with Crippen LogP contribution < -0.4 is 5.32 Å². The summed E-state index contributed by atoms with van der Waals surface area (Å²) in [5.74, 6) is -0.237. The fourth-order valence-electron chi connectivity index (χ4n) is 8.08. The van der Waals surface area contributed by atoms with Gasteiger partial charge in [0.25, 0.3) is 0 Å². The molecule has 1 rings (SSSR count). The van der Waals surface area contributed by atoms with Gasteiger partial charge < -0.3 is 35.2 Å². The number of allylic oxidation sites excluding steroid dienone is 4. The Bertz CT molecular complexity index is 1200. The number of ether oxygens (including phenoxy) is 2. The third-order valence-corrected chi connectivity index (χ3v) is 12.5. The lowest BCUT2D eigenvalue weighted by atomic mass is 9.99. The van der Waals surface area contributed by atoms with Crippen molar-refractivity contribution in [2.75, 3.05) is 13.2 Å². The highest BCUT2D eigenvalue weighted by molar-refractivity contribution is 7.80. The predicted molar refractivity (Wildman–Crippen MR) is 250 cm³/mol. The second-order valence-corrected chi connectivity index (χ2v) is 18.8. The highest BCUT2D eigenvalue weighted by Gasteiger charge is 2.48. The molecule has 12 nitrogen and oxygen atoms in total. The normalized spacial score (nSPS) is 20.7. The first-order valence-electron chi connectivity index (χ1n) is 25.2. The van der Waals surface area contributed by atoms with Crippen molar-refractivity contribution in [3.05, 3.63) is 24.3 Å². The van der Waals surface area contributed by atoms with Gasteiger partial charge in [-0.15, -0.1) is 0 Å². The van der Waals surface area contributed by atoms with Gasteiger partial charge in [-0.1, -0.05) is 199 Å². The second-order valence-electron chi connectivity index (χ2n) is 17.8. The quantitative estimate of drug-likeness (QED) is 0.0194. The molecule has 13 heteroatoms. The fourth-order valence-corrected chi connectivity index (χ4v) is 8.59. The standard InChI is InChI=1S/C49H93NO11S/c1-3-5-7-9-11-13-15-17-18-19-20-21-22-23-24-25-26-27-29-31-33-35-37-39-45(53)50-42(43(52)38-36-34-32-30-28-16-14-12-10-8-6-4-2)41-59-49-47(55)48(61-62(56,57)58)46(54)44(40-51)60-49/h20-21,23-24,42-44,46-49,51-52,54-55H,3-19,22,25-41H2,1-2H3,(H,50,53)(H,56,57,58)/b21-20-,24-23-. The van der Waals surface area contributed by atoms with E-state index in [9.17, 15) is 38.2 Å². The van der Waals surface area contributed by atoms with E-state index < -0.39 is 59.9 Å². The highest BCUT2D eigenvalue weighted by atomic mass is 32.3. The number of amides is 1. The molecule has 0 spiro atoms. The Morgan fingerprint density at radius 2 is 1.08 bits per heavy atom. The van der Waals surface area contributed by atoms with Crippen LogP contribution in [0.4, 0.5) is 0 Å². The van der Waals surface area contributed by atoms with Crippen LogP contribution in [-0.4, -0.2) is 95.4 Å². The molecule has 366 valence electrons. The zero-order chi connectivity index (χ0) is 45.5. The van der Waals surface area contributed by atoms with Crippen molar-refractivity contribution >= 4 is 16.3 Å². The van der Waals surface area contributed by atoms with Crippen LogP contribution in [0.5, 0.6) is 0 Å². The molecule has 1 saturated heterocycles. The Morgan fingerprint density at radius 1 is 0.645 bits per heavy atom. The molecule has 6 N–H and O–H groups in total. The first-order valence-corrected chi connectivity index (χ1v) is 26.6. The van der Waals surface area contributed by atoms with Crippen LogP contribution in [0.2, 0.25) is 0 Å². The smallest absolute Gasteiger partial charge is 0.394 e. The summed E-state index contributed by atoms with van der Waals surface area (Å²) in [6, 6.07) is -0.860. The van der Waals surface area contributed by atoms with Crippen LogP contribution in [0.15, 0.2) is 24.3 Å². The summed E-state index contributed by atoms with van der Waals surface area (Å²) in [6.45, 7) is 3.44. The summed E-state index contributed by atoms with van der Waals surface area (Å²) < 4.78 is 47.7. The van der Waals surface area contributed by atoms with Crippen LogP contribution in [0, 0.1) is 0 Å². The summed E-state index contributed by atoms with van der Waals surface area (Å²) in [7, 11) is -5.08. The van der Waals surface area contributed by atoms with Gasteiger partial charge in [-0.3, -0.25) is 9.35 Å². The lowest BCUT2D eigenvalue weighted by molar-refractivity contribution is -0.298. The molecule has 1 aliphatic heterocycles. The number of unbranched alkanes of at least 4 members (excludes halogenated alkanes) is 27. The Balaban J connectivity index is 2.40. The van der Waals surface area contributed by atoms with Gasteiger partial charge in [0, 0.05) is 6.42 Å². The van der Waals surface area contributed by atoms with Crippen molar-refractivity contribution in [2.45, 2.75) is 269 Å². The van der Waals surface area contributed by atoms with Crippen LogP contribution in [0.1, 0.15) is 226 Å². The summed E-state index contributed by atoms with van der Waals surface area (Å²) in [6.07, 6.45) is 37.5. The molecule has 7 atom stereocenters. The molecular formula is C49H93NO11S. The summed E-state index contributed by atoms with van der Waals surface area (Å²) in [5, 5.41) is 44.9. The maximum atomic E-state index is 13.1. The number of rotatable bonds is 43. The molecule has 0 aromatic rings. The van der Waals surface area contributed by atoms with Crippen molar-refractivity contribution < 1.29 is 51.8 Å². The Hall–Kier alpha value is -1.42. The topological polar surface area (TPSA) is 192 Å². The van der Waals surface area contributed by atoms with Crippen molar-refractivity contribution in [1.82, 2.24) is 5.32 Å². The second kappa shape index (κ2) is 39.9. The molecule has 1 amide bonds. The van der Waals surface area contributed by atoms with Gasteiger partial charge in [0.05, 0.1) is 25.4 Å². The lowest BCUT2D eigenvalue weighted by Gasteiger charge is -2.41. The monoisotopic (exact) mass is 904 g/mol. The minimum atomic E-state index is -5.08. The lowest BCUT2D eigenvalue weighted by Crippen LogP contribution is -2.61. The Morgan fingerprint density at radius 3 is 1.53 bits per heavy atom. The maximum Gasteiger partial charge on any atom is 0.397 e. The number of aliphatic hydroxyl groups is 4. The van der Waals surface area contributed by atoms with Gasteiger partial charge in [0.1, 0.15) is 24.4 Å². The Kier molecular flexibility index (Phi) is 37.7. The molecule has 0 radical (unpaired) electrons. The van der Waals surface area contributed by atoms with Gasteiger partial charge in [0.15, 0.2) is 6.29 Å². The van der Waals surface area contributed by atoms with Gasteiger partial charge in [-0.2, -0.15) is 8.42 Å². The molecule has 1 fully saturated rings. The van der Waals surface area contributed by atoms with Crippen LogP contribution in [0.25, 0.3) is 0 Å². The average molecular weight is 904 g/mol. The fraction of sp³-hybridized carbons (Fsp3) is 0.898. The number of nitrogens with one attached hydrogen (secondary N) is 1. The predicted octanol–water partition coefficient (Wildman–Crippen LogP) is 10.5. The van der Waals surface area contributed by atoms with E-state index in [1.54, 1.807) is 0 Å². The first-order chi connectivity index (χ1) is 30.0. The van der Waals surface area contributed by atoms with E-state index in [-0.39, 0.29) is 18.9 Å². The van der Waals surface area contributed by atoms with E-state index in [1.807, 2.05) is 0 Å². The third kappa shape index (κ3) is 32.3. The zero-order valence-electron chi connectivity index (χ0n) is 39.2. The molecule has 7 unspecified atom stereocenters. The third-order valence-electron chi connectivity index (χ3n) is 12.0. The minimum absolute atomic E-state index is 0.237. The summed E-state index contributed by atoms with van der Waals surface area (Å²) >= 11 is 0. The molecule has 0 bridgehead atoms. The van der Waals surface area contributed by atoms with Crippen molar-refractivity contribution in [3.8, 4) is 0 Å². The van der Waals surface area contributed by atoms with Crippen LogP contribution in [-0.2, 0) is 28.9 Å². The molecule has 1 aliphatic rings. The molecule has 0 aromatic carbocycles. The van der Waals surface area contributed by atoms with Crippen molar-refractivity contribution in [2.24, 2.45) is 0 Å². The number of hydrogen-bond acceptors (Lipinski definition) is 10. The SMILES string of the molecule is CCCCCCCCCCC/C=C\C/C=C\CCCCCCCCCC(=O)NC(COC1OC(CO)C(O)C(OS(=O)(=O)O)C1O)C(O)CCCCCCCCCCCCCC. The van der Waals surface area contributed by atoms with Gasteiger partial charge in [-0.25, -0.2) is 4.18 Å². The molecule has 1 heterocycles. The molecular weight excluding hydrogens is 811 g/mol. The summed E-state index contributed by atoms with van der Waals surface area (Å²) in [5.41, 5.74) is 0. The molecule has 0 aliphatic carbocycles. The highest BCUT2D eigenvalue weighted by Crippen LogP contribution is 2.26. The molecule has 0 aromatic heterocycles. The zero-order valence-corrected chi connectivity index (χ0v) is 40.0. The number of hydrogen-bond donors (Lipinski definition) is 6. The molecule has 62 heavy (non-hydrogen) atoms. The van der Waals surface area contributed by atoms with E-state index in [2.05, 4.69) is 47.7 Å². The number of carbonyl (C=O) groups is 1. The Labute approximate surface area is 378 Å². The van der Waals surface area contributed by atoms with Crippen LogP contribution in [0.3, 0.4) is 0 Å². The maximum absolute atomic E-state index is 13.1. The first kappa shape index (κ1) is 58.6. The van der Waals surface area contributed by atoms with Crippen molar-refractivity contribution in [3.63, 3.8) is 0 Å². The van der Waals surface area contributed by atoms with E-state index in [0.717, 1.165) is 57.8 Å². The van der Waals surface area contributed by atoms with Gasteiger partial charge >= 0.3 is 10.4 Å². The summed E-state index contributed by atoms with van der Waals surface area (Å²) in [4.78, 5) is 13.1. The van der Waals surface area contributed by atoms with E-state index in [4.69, 9.17) is 9.47 Å². The van der Waals surface area contributed by atoms with Gasteiger partial charge in [-0.05, 0) is 44.9 Å². The van der Waals surface area contributed by atoms with E-state index in [1.165, 1.54) is 135 Å². The largest absolute Gasteiger partial charge is 0.397 e. The van der Waals surface area contributed by atoms with Crippen molar-refractivity contribution in [1.29, 1.82) is 0 Å². The number of carbonyl (C=O) groups excluding carboxylic acids is 1. The van der Waals surface area contributed by atoms with Gasteiger partial charge in [0.2, 0.25) is 5.91 Å².